The zero-order valence-corrected chi connectivity index (χ0v) is 12.6. The third-order valence-electron chi connectivity index (χ3n) is 3.54. The zero-order valence-electron chi connectivity index (χ0n) is 11.8. The van der Waals surface area contributed by atoms with Crippen molar-refractivity contribution >= 4 is 34.1 Å². The highest BCUT2D eigenvalue weighted by Gasteiger charge is 2.14. The van der Waals surface area contributed by atoms with Gasteiger partial charge < -0.3 is 10.3 Å². The van der Waals surface area contributed by atoms with Crippen LogP contribution in [0.25, 0.3) is 10.9 Å². The predicted octanol–water partition coefficient (Wildman–Crippen LogP) is 4.69. The summed E-state index contributed by atoms with van der Waals surface area (Å²) in [5.41, 5.74) is 4.41. The Labute approximate surface area is 127 Å². The second kappa shape index (κ2) is 5.26. The minimum atomic E-state index is -0.149. The first-order chi connectivity index (χ1) is 10.0. The molecule has 21 heavy (non-hydrogen) atoms. The fourth-order valence-electron chi connectivity index (χ4n) is 2.41. The first kappa shape index (κ1) is 13.7. The molecule has 2 N–H and O–H groups in total. The number of carbonyl (C=O) groups is 1. The molecule has 1 amide bonds. The lowest BCUT2D eigenvalue weighted by atomic mass is 10.1. The van der Waals surface area contributed by atoms with Gasteiger partial charge in [-0.25, -0.2) is 0 Å². The van der Waals surface area contributed by atoms with Crippen LogP contribution in [0, 0.1) is 13.8 Å². The number of H-pyrrole nitrogens is 1. The Morgan fingerprint density at radius 1 is 1.10 bits per heavy atom. The molecule has 3 rings (SSSR count). The van der Waals surface area contributed by atoms with Crippen LogP contribution in [0.2, 0.25) is 5.02 Å². The van der Waals surface area contributed by atoms with E-state index in [0.717, 1.165) is 27.7 Å². The van der Waals surface area contributed by atoms with Crippen LogP contribution in [-0.4, -0.2) is 10.9 Å². The summed E-state index contributed by atoms with van der Waals surface area (Å²) in [6.07, 6.45) is 0. The fourth-order valence-corrected chi connectivity index (χ4v) is 2.53. The summed E-state index contributed by atoms with van der Waals surface area (Å²) in [4.78, 5) is 15.6. The highest BCUT2D eigenvalue weighted by Crippen LogP contribution is 2.23. The maximum atomic E-state index is 12.4. The number of fused-ring (bicyclic) bond motifs is 1. The molecule has 3 aromatic rings. The largest absolute Gasteiger partial charge is 0.350 e. The molecular weight excluding hydrogens is 284 g/mol. The first-order valence-corrected chi connectivity index (χ1v) is 7.08. The number of hydrogen-bond donors (Lipinski definition) is 2. The van der Waals surface area contributed by atoms with Gasteiger partial charge in [0.2, 0.25) is 0 Å². The molecule has 0 aliphatic carbocycles. The van der Waals surface area contributed by atoms with E-state index in [0.29, 0.717) is 10.7 Å². The number of benzene rings is 2. The van der Waals surface area contributed by atoms with E-state index in [1.54, 1.807) is 24.3 Å². The Bertz CT molecular complexity index is 819. The van der Waals surface area contributed by atoms with Crippen LogP contribution in [0.15, 0.2) is 42.5 Å². The molecule has 1 aromatic heterocycles. The third kappa shape index (κ3) is 2.65. The molecule has 1 heterocycles. The number of aromatic nitrogens is 1. The van der Waals surface area contributed by atoms with Gasteiger partial charge in [-0.3, -0.25) is 4.79 Å². The minimum absolute atomic E-state index is 0.149. The molecule has 0 bridgehead atoms. The second-order valence-electron chi connectivity index (χ2n) is 5.14. The van der Waals surface area contributed by atoms with E-state index < -0.39 is 0 Å². The summed E-state index contributed by atoms with van der Waals surface area (Å²) in [5.74, 6) is -0.149. The van der Waals surface area contributed by atoms with Crippen molar-refractivity contribution in [2.75, 3.05) is 5.32 Å². The first-order valence-electron chi connectivity index (χ1n) is 6.70. The fraction of sp³-hybridized carbons (Fsp3) is 0.118. The monoisotopic (exact) mass is 298 g/mol. The quantitative estimate of drug-likeness (QED) is 0.708. The van der Waals surface area contributed by atoms with Crippen LogP contribution in [0.5, 0.6) is 0 Å². The molecule has 0 aliphatic heterocycles. The molecular formula is C17H15ClN2O. The summed E-state index contributed by atoms with van der Waals surface area (Å²) in [7, 11) is 0. The lowest BCUT2D eigenvalue weighted by Crippen LogP contribution is -2.13. The number of nitrogens with one attached hydrogen (secondary N) is 2. The Balaban J connectivity index is 1.94. The number of hydrogen-bond acceptors (Lipinski definition) is 1. The van der Waals surface area contributed by atoms with Gasteiger partial charge >= 0.3 is 0 Å². The van der Waals surface area contributed by atoms with Gasteiger partial charge in [-0.1, -0.05) is 23.7 Å². The molecule has 0 fully saturated rings. The van der Waals surface area contributed by atoms with Crippen molar-refractivity contribution in [2.45, 2.75) is 13.8 Å². The normalized spacial score (nSPS) is 10.8. The van der Waals surface area contributed by atoms with Gasteiger partial charge in [-0.2, -0.15) is 0 Å². The van der Waals surface area contributed by atoms with Crippen LogP contribution in [0.1, 0.15) is 21.6 Å². The summed E-state index contributed by atoms with van der Waals surface area (Å²) in [6, 6.07) is 13.2. The van der Waals surface area contributed by atoms with Crippen molar-refractivity contribution < 1.29 is 4.79 Å². The zero-order chi connectivity index (χ0) is 15.0. The molecule has 0 radical (unpaired) electrons. The van der Waals surface area contributed by atoms with Crippen LogP contribution in [0.3, 0.4) is 0 Å². The lowest BCUT2D eigenvalue weighted by Gasteiger charge is -2.04. The summed E-state index contributed by atoms with van der Waals surface area (Å²) < 4.78 is 0. The Hall–Kier alpha value is -2.26. The van der Waals surface area contributed by atoms with E-state index >= 15 is 0 Å². The van der Waals surface area contributed by atoms with Gasteiger partial charge in [0.15, 0.2) is 0 Å². The second-order valence-corrected chi connectivity index (χ2v) is 5.57. The van der Waals surface area contributed by atoms with Crippen LogP contribution < -0.4 is 5.32 Å². The number of amides is 1. The van der Waals surface area contributed by atoms with Crippen molar-refractivity contribution in [3.05, 3.63) is 64.3 Å². The molecule has 2 aromatic carbocycles. The minimum Gasteiger partial charge on any atom is -0.350 e. The maximum Gasteiger partial charge on any atom is 0.272 e. The molecule has 0 spiro atoms. The highest BCUT2D eigenvalue weighted by molar-refractivity contribution is 6.30. The lowest BCUT2D eigenvalue weighted by molar-refractivity contribution is 0.102. The van der Waals surface area contributed by atoms with Gasteiger partial charge in [0.05, 0.1) is 0 Å². The average Bonchev–Trinajstić information content (AvgIpc) is 2.78. The summed E-state index contributed by atoms with van der Waals surface area (Å²) in [5, 5.41) is 4.59. The summed E-state index contributed by atoms with van der Waals surface area (Å²) >= 11 is 5.84. The third-order valence-corrected chi connectivity index (χ3v) is 3.79. The van der Waals surface area contributed by atoms with Gasteiger partial charge in [0.1, 0.15) is 5.69 Å². The van der Waals surface area contributed by atoms with E-state index in [1.807, 2.05) is 32.0 Å². The number of carbonyl (C=O) groups excluding carboxylic acids is 1. The van der Waals surface area contributed by atoms with Crippen molar-refractivity contribution in [3.63, 3.8) is 0 Å². The number of anilines is 1. The number of aromatic amines is 1. The van der Waals surface area contributed by atoms with Crippen LogP contribution in [0.4, 0.5) is 5.69 Å². The van der Waals surface area contributed by atoms with Crippen LogP contribution >= 0.6 is 11.6 Å². The van der Waals surface area contributed by atoms with E-state index in [2.05, 4.69) is 10.3 Å². The standard InChI is InChI=1S/C17H15ClN2O/c1-10-3-8-14-11(2)16(20-15(14)9-10)17(21)19-13-6-4-12(18)5-7-13/h3-9,20H,1-2H3,(H,19,21). The summed E-state index contributed by atoms with van der Waals surface area (Å²) in [6.45, 7) is 3.98. The Morgan fingerprint density at radius 2 is 1.81 bits per heavy atom. The van der Waals surface area contributed by atoms with E-state index in [4.69, 9.17) is 11.6 Å². The number of aryl methyl sites for hydroxylation is 2. The Morgan fingerprint density at radius 3 is 2.52 bits per heavy atom. The smallest absolute Gasteiger partial charge is 0.272 e. The van der Waals surface area contributed by atoms with Gasteiger partial charge in [-0.15, -0.1) is 0 Å². The molecule has 106 valence electrons. The number of rotatable bonds is 2. The molecule has 0 saturated heterocycles. The molecule has 4 heteroatoms. The van der Waals surface area contributed by atoms with E-state index in [-0.39, 0.29) is 5.91 Å². The van der Waals surface area contributed by atoms with Crippen molar-refractivity contribution in [1.29, 1.82) is 0 Å². The predicted molar refractivity (Wildman–Crippen MR) is 87.2 cm³/mol. The average molecular weight is 299 g/mol. The van der Waals surface area contributed by atoms with Gasteiger partial charge in [-0.05, 0) is 55.3 Å². The molecule has 0 aliphatic rings. The topological polar surface area (TPSA) is 44.9 Å². The van der Waals surface area contributed by atoms with Crippen LogP contribution in [-0.2, 0) is 0 Å². The maximum absolute atomic E-state index is 12.4. The van der Waals surface area contributed by atoms with E-state index in [9.17, 15) is 4.79 Å². The van der Waals surface area contributed by atoms with Gasteiger partial charge in [0.25, 0.3) is 5.91 Å². The highest BCUT2D eigenvalue weighted by atomic mass is 35.5. The Kier molecular flexibility index (Phi) is 3.43. The van der Waals surface area contributed by atoms with Crippen molar-refractivity contribution in [2.24, 2.45) is 0 Å². The SMILES string of the molecule is Cc1ccc2c(C)c(C(=O)Nc3ccc(Cl)cc3)[nH]c2c1. The molecule has 0 saturated carbocycles. The molecule has 0 unspecified atom stereocenters. The molecule has 0 atom stereocenters. The molecule has 3 nitrogen and oxygen atoms in total. The van der Waals surface area contributed by atoms with E-state index in [1.165, 1.54) is 0 Å². The van der Waals surface area contributed by atoms with Gasteiger partial charge in [0, 0.05) is 21.6 Å². The number of halogens is 1. The van der Waals surface area contributed by atoms with Crippen molar-refractivity contribution in [3.8, 4) is 0 Å². The van der Waals surface area contributed by atoms with Crippen molar-refractivity contribution in [1.82, 2.24) is 4.98 Å².